The summed E-state index contributed by atoms with van der Waals surface area (Å²) in [5, 5.41) is 6.16. The molecular formula is C16H26N2O3. The molecule has 1 amide bonds. The molecule has 1 unspecified atom stereocenters. The van der Waals surface area contributed by atoms with Crippen molar-refractivity contribution in [2.24, 2.45) is 0 Å². The number of rotatable bonds is 9. The van der Waals surface area contributed by atoms with Crippen LogP contribution < -0.4 is 20.1 Å². The van der Waals surface area contributed by atoms with Gasteiger partial charge in [-0.1, -0.05) is 13.0 Å². The molecule has 5 nitrogen and oxygen atoms in total. The maximum atomic E-state index is 11.7. The summed E-state index contributed by atoms with van der Waals surface area (Å²) in [6, 6.07) is 6.00. The van der Waals surface area contributed by atoms with E-state index in [2.05, 4.69) is 10.6 Å². The lowest BCUT2D eigenvalue weighted by Crippen LogP contribution is -2.34. The van der Waals surface area contributed by atoms with Crippen molar-refractivity contribution in [3.05, 3.63) is 23.8 Å². The fourth-order valence-corrected chi connectivity index (χ4v) is 2.15. The molecule has 0 radical (unpaired) electrons. The third-order valence-corrected chi connectivity index (χ3v) is 3.23. The summed E-state index contributed by atoms with van der Waals surface area (Å²) in [6.07, 6.45) is 1.27. The molecule has 1 aromatic rings. The molecule has 0 aliphatic rings. The van der Waals surface area contributed by atoms with E-state index >= 15 is 0 Å². The van der Waals surface area contributed by atoms with Crippen LogP contribution in [-0.4, -0.2) is 39.3 Å². The Morgan fingerprint density at radius 2 is 1.95 bits per heavy atom. The Labute approximate surface area is 127 Å². The van der Waals surface area contributed by atoms with E-state index in [1.54, 1.807) is 14.2 Å². The molecule has 0 spiro atoms. The highest BCUT2D eigenvalue weighted by Gasteiger charge is 2.08. The van der Waals surface area contributed by atoms with Crippen LogP contribution >= 0.6 is 0 Å². The van der Waals surface area contributed by atoms with Crippen molar-refractivity contribution in [2.75, 3.05) is 27.3 Å². The third-order valence-electron chi connectivity index (χ3n) is 3.23. The summed E-state index contributed by atoms with van der Waals surface area (Å²) in [4.78, 5) is 11.7. The predicted molar refractivity (Wildman–Crippen MR) is 84.0 cm³/mol. The van der Waals surface area contributed by atoms with Crippen LogP contribution in [0.3, 0.4) is 0 Å². The second-order valence-corrected chi connectivity index (χ2v) is 4.95. The number of methoxy groups -OCH3 is 2. The minimum absolute atomic E-state index is 0.0731. The SMILES string of the molecule is CCNC(C)CC(=O)NCCc1ccc(OC)c(OC)c1. The fraction of sp³-hybridized carbons (Fsp3) is 0.562. The van der Waals surface area contributed by atoms with Gasteiger partial charge in [0, 0.05) is 19.0 Å². The highest BCUT2D eigenvalue weighted by Crippen LogP contribution is 2.27. The van der Waals surface area contributed by atoms with Gasteiger partial charge < -0.3 is 20.1 Å². The number of hydrogen-bond acceptors (Lipinski definition) is 4. The number of ether oxygens (including phenoxy) is 2. The quantitative estimate of drug-likeness (QED) is 0.728. The standard InChI is InChI=1S/C16H26N2O3/c1-5-17-12(2)10-16(19)18-9-8-13-6-7-14(20-3)15(11-13)21-4/h6-7,11-12,17H,5,8-10H2,1-4H3,(H,18,19). The Hall–Kier alpha value is -1.75. The zero-order valence-electron chi connectivity index (χ0n) is 13.4. The van der Waals surface area contributed by atoms with Crippen LogP contribution in [0.15, 0.2) is 18.2 Å². The van der Waals surface area contributed by atoms with E-state index in [-0.39, 0.29) is 11.9 Å². The van der Waals surface area contributed by atoms with Gasteiger partial charge >= 0.3 is 0 Å². The van der Waals surface area contributed by atoms with Crippen molar-refractivity contribution in [3.63, 3.8) is 0 Å². The van der Waals surface area contributed by atoms with Crippen molar-refractivity contribution in [3.8, 4) is 11.5 Å². The molecule has 1 aromatic carbocycles. The summed E-state index contributed by atoms with van der Waals surface area (Å²) in [5.74, 6) is 1.50. The minimum Gasteiger partial charge on any atom is -0.493 e. The predicted octanol–water partition coefficient (Wildman–Crippen LogP) is 1.75. The van der Waals surface area contributed by atoms with Gasteiger partial charge in [0.25, 0.3) is 0 Å². The van der Waals surface area contributed by atoms with E-state index < -0.39 is 0 Å². The number of hydrogen-bond donors (Lipinski definition) is 2. The highest BCUT2D eigenvalue weighted by atomic mass is 16.5. The summed E-state index contributed by atoms with van der Waals surface area (Å²) >= 11 is 0. The Morgan fingerprint density at radius 3 is 2.57 bits per heavy atom. The molecule has 0 aliphatic carbocycles. The number of carbonyl (C=O) groups is 1. The Kier molecular flexibility index (Phi) is 7.61. The molecule has 0 aromatic heterocycles. The van der Waals surface area contributed by atoms with Crippen LogP contribution in [0.1, 0.15) is 25.8 Å². The van der Waals surface area contributed by atoms with Crippen molar-refractivity contribution in [1.82, 2.24) is 10.6 Å². The first kappa shape index (κ1) is 17.3. The molecule has 118 valence electrons. The number of nitrogens with one attached hydrogen (secondary N) is 2. The molecule has 0 aliphatic heterocycles. The lowest BCUT2D eigenvalue weighted by Gasteiger charge is -2.12. The van der Waals surface area contributed by atoms with Crippen LogP contribution in [0, 0.1) is 0 Å². The molecule has 1 atom stereocenters. The van der Waals surface area contributed by atoms with Gasteiger partial charge in [-0.2, -0.15) is 0 Å². The van der Waals surface area contributed by atoms with Gasteiger partial charge in [0.15, 0.2) is 11.5 Å². The molecule has 0 saturated carbocycles. The lowest BCUT2D eigenvalue weighted by molar-refractivity contribution is -0.121. The molecule has 0 saturated heterocycles. The largest absolute Gasteiger partial charge is 0.493 e. The Bertz CT molecular complexity index is 449. The summed E-state index contributed by atoms with van der Waals surface area (Å²) in [7, 11) is 3.23. The fourth-order valence-electron chi connectivity index (χ4n) is 2.15. The summed E-state index contributed by atoms with van der Waals surface area (Å²) in [6.45, 7) is 5.54. The molecule has 0 heterocycles. The van der Waals surface area contributed by atoms with Crippen LogP contribution in [0.4, 0.5) is 0 Å². The Morgan fingerprint density at radius 1 is 1.24 bits per heavy atom. The molecule has 0 fully saturated rings. The monoisotopic (exact) mass is 294 g/mol. The molecule has 5 heteroatoms. The average molecular weight is 294 g/mol. The van der Waals surface area contributed by atoms with E-state index in [4.69, 9.17) is 9.47 Å². The van der Waals surface area contributed by atoms with Crippen LogP contribution in [-0.2, 0) is 11.2 Å². The van der Waals surface area contributed by atoms with Crippen LogP contribution in [0.2, 0.25) is 0 Å². The van der Waals surface area contributed by atoms with Crippen molar-refractivity contribution < 1.29 is 14.3 Å². The van der Waals surface area contributed by atoms with E-state index in [0.29, 0.717) is 24.5 Å². The van der Waals surface area contributed by atoms with Gasteiger partial charge in [0.2, 0.25) is 5.91 Å². The van der Waals surface area contributed by atoms with Gasteiger partial charge in [0.05, 0.1) is 14.2 Å². The maximum Gasteiger partial charge on any atom is 0.221 e. The van der Waals surface area contributed by atoms with E-state index in [1.165, 1.54) is 0 Å². The topological polar surface area (TPSA) is 59.6 Å². The molecule has 0 bridgehead atoms. The second kappa shape index (κ2) is 9.23. The first-order chi connectivity index (χ1) is 10.1. The van der Waals surface area contributed by atoms with Gasteiger partial charge in [0.1, 0.15) is 0 Å². The number of amides is 1. The van der Waals surface area contributed by atoms with E-state index in [1.807, 2.05) is 32.0 Å². The highest BCUT2D eigenvalue weighted by molar-refractivity contribution is 5.76. The van der Waals surface area contributed by atoms with Crippen molar-refractivity contribution >= 4 is 5.91 Å². The van der Waals surface area contributed by atoms with Gasteiger partial charge in [-0.25, -0.2) is 0 Å². The number of benzene rings is 1. The molecular weight excluding hydrogens is 268 g/mol. The number of carbonyl (C=O) groups excluding carboxylic acids is 1. The second-order valence-electron chi connectivity index (χ2n) is 4.95. The zero-order chi connectivity index (χ0) is 15.7. The average Bonchev–Trinajstić information content (AvgIpc) is 2.47. The van der Waals surface area contributed by atoms with Gasteiger partial charge in [-0.3, -0.25) is 4.79 Å². The summed E-state index contributed by atoms with van der Waals surface area (Å²) < 4.78 is 10.5. The zero-order valence-corrected chi connectivity index (χ0v) is 13.4. The summed E-state index contributed by atoms with van der Waals surface area (Å²) in [5.41, 5.74) is 1.10. The molecule has 2 N–H and O–H groups in total. The third kappa shape index (κ3) is 6.04. The first-order valence-electron chi connectivity index (χ1n) is 7.31. The van der Waals surface area contributed by atoms with Crippen molar-refractivity contribution in [1.29, 1.82) is 0 Å². The maximum absolute atomic E-state index is 11.7. The van der Waals surface area contributed by atoms with Gasteiger partial charge in [-0.05, 0) is 37.6 Å². The normalized spacial score (nSPS) is 11.8. The van der Waals surface area contributed by atoms with Crippen molar-refractivity contribution in [2.45, 2.75) is 32.7 Å². The van der Waals surface area contributed by atoms with E-state index in [9.17, 15) is 4.79 Å². The van der Waals surface area contributed by atoms with Crippen LogP contribution in [0.25, 0.3) is 0 Å². The van der Waals surface area contributed by atoms with E-state index in [0.717, 1.165) is 18.5 Å². The van der Waals surface area contributed by atoms with Crippen LogP contribution in [0.5, 0.6) is 11.5 Å². The Balaban J connectivity index is 2.40. The lowest BCUT2D eigenvalue weighted by atomic mass is 10.1. The van der Waals surface area contributed by atoms with Gasteiger partial charge in [-0.15, -0.1) is 0 Å². The minimum atomic E-state index is 0.0731. The first-order valence-corrected chi connectivity index (χ1v) is 7.31. The molecule has 21 heavy (non-hydrogen) atoms. The molecule has 1 rings (SSSR count). The smallest absolute Gasteiger partial charge is 0.221 e.